The average molecular weight is 375 g/mol. The van der Waals surface area contributed by atoms with Crippen molar-refractivity contribution in [2.24, 2.45) is 0 Å². The summed E-state index contributed by atoms with van der Waals surface area (Å²) >= 11 is 4.79. The Morgan fingerprint density at radius 3 is 2.59 bits per heavy atom. The number of rotatable bonds is 3. The van der Waals surface area contributed by atoms with Crippen LogP contribution in [0.1, 0.15) is 0 Å². The van der Waals surface area contributed by atoms with Crippen LogP contribution in [0.4, 0.5) is 10.8 Å². The van der Waals surface area contributed by atoms with Crippen molar-refractivity contribution in [1.29, 1.82) is 0 Å². The molecule has 0 aliphatic rings. The molecular weight excluding hydrogens is 364 g/mol. The van der Waals surface area contributed by atoms with E-state index in [2.05, 4.69) is 26.2 Å². The van der Waals surface area contributed by atoms with Gasteiger partial charge in [-0.05, 0) is 36.4 Å². The van der Waals surface area contributed by atoms with Gasteiger partial charge >= 0.3 is 0 Å². The first kappa shape index (κ1) is 14.7. The van der Waals surface area contributed by atoms with Crippen LogP contribution in [-0.4, -0.2) is 10.1 Å². The second-order valence-electron chi connectivity index (χ2n) is 4.51. The second-order valence-corrected chi connectivity index (χ2v) is 6.29. The molecule has 0 unspecified atom stereocenters. The summed E-state index contributed by atoms with van der Waals surface area (Å²) in [4.78, 5) is 16.1. The van der Waals surface area contributed by atoms with Crippen LogP contribution in [0.2, 0.25) is 0 Å². The normalized spacial score (nSPS) is 10.4. The van der Waals surface area contributed by atoms with Crippen molar-refractivity contribution in [1.82, 2.24) is 4.98 Å². The van der Waals surface area contributed by atoms with E-state index in [1.165, 1.54) is 17.4 Å². The highest BCUT2D eigenvalue weighted by atomic mass is 79.9. The highest BCUT2D eigenvalue weighted by Gasteiger charge is 2.10. The summed E-state index contributed by atoms with van der Waals surface area (Å²) in [5.74, 6) is -0.287. The number of aromatic hydroxyl groups is 1. The molecule has 0 spiro atoms. The first-order valence-corrected chi connectivity index (χ1v) is 8.11. The summed E-state index contributed by atoms with van der Waals surface area (Å²) in [6.07, 6.45) is 0. The van der Waals surface area contributed by atoms with E-state index < -0.39 is 5.43 Å². The van der Waals surface area contributed by atoms with Gasteiger partial charge in [-0.3, -0.25) is 4.79 Å². The van der Waals surface area contributed by atoms with Gasteiger partial charge in [0, 0.05) is 21.1 Å². The Morgan fingerprint density at radius 1 is 1.09 bits per heavy atom. The monoisotopic (exact) mass is 374 g/mol. The van der Waals surface area contributed by atoms with Crippen molar-refractivity contribution in [2.75, 3.05) is 5.32 Å². The van der Waals surface area contributed by atoms with Crippen LogP contribution in [0.3, 0.4) is 0 Å². The summed E-state index contributed by atoms with van der Waals surface area (Å²) in [7, 11) is 0. The molecule has 0 radical (unpaired) electrons. The molecule has 0 fully saturated rings. The Labute approximate surface area is 139 Å². The number of hydrogen-bond donors (Lipinski definition) is 2. The average Bonchev–Trinajstić information content (AvgIpc) is 2.90. The molecule has 0 atom stereocenters. The van der Waals surface area contributed by atoms with Gasteiger partial charge in [-0.1, -0.05) is 28.1 Å². The Bertz CT molecular complexity index is 863. The lowest BCUT2D eigenvalue weighted by Gasteiger charge is -2.02. The van der Waals surface area contributed by atoms with E-state index in [1.54, 1.807) is 23.6 Å². The zero-order valence-corrected chi connectivity index (χ0v) is 13.7. The van der Waals surface area contributed by atoms with Gasteiger partial charge in [-0.15, -0.1) is 11.3 Å². The lowest BCUT2D eigenvalue weighted by atomic mass is 10.2. The van der Waals surface area contributed by atoms with Crippen molar-refractivity contribution in [2.45, 2.75) is 0 Å². The van der Waals surface area contributed by atoms with Crippen molar-refractivity contribution in [3.8, 4) is 17.0 Å². The molecule has 0 aliphatic heterocycles. The van der Waals surface area contributed by atoms with E-state index >= 15 is 0 Å². The van der Waals surface area contributed by atoms with Gasteiger partial charge in [-0.2, -0.15) is 0 Å². The third-order valence-electron chi connectivity index (χ3n) is 2.99. The van der Waals surface area contributed by atoms with E-state index in [-0.39, 0.29) is 5.75 Å². The molecule has 0 bridgehead atoms. The van der Waals surface area contributed by atoms with Crippen LogP contribution >= 0.6 is 27.3 Å². The van der Waals surface area contributed by atoms with E-state index in [4.69, 9.17) is 0 Å². The van der Waals surface area contributed by atoms with Gasteiger partial charge in [0.25, 0.3) is 0 Å². The number of nitrogens with one attached hydrogen (secondary N) is 1. The zero-order chi connectivity index (χ0) is 15.5. The SMILES string of the molecule is O=c1ccccc(-c2csc(Nc3ccc(Br)cc3)n2)c1O. The Kier molecular flexibility index (Phi) is 4.22. The molecule has 4 nitrogen and oxygen atoms in total. The molecule has 22 heavy (non-hydrogen) atoms. The number of nitrogens with zero attached hydrogens (tertiary/aromatic N) is 1. The molecule has 0 aliphatic carbocycles. The molecule has 3 rings (SSSR count). The largest absolute Gasteiger partial charge is 0.504 e. The third-order valence-corrected chi connectivity index (χ3v) is 4.27. The number of thiazole rings is 1. The number of anilines is 2. The van der Waals surface area contributed by atoms with Gasteiger partial charge in [-0.25, -0.2) is 4.98 Å². The van der Waals surface area contributed by atoms with Crippen molar-refractivity contribution >= 4 is 38.1 Å². The van der Waals surface area contributed by atoms with Crippen LogP contribution in [0.25, 0.3) is 11.3 Å². The standard InChI is InChI=1S/C16H11BrN2O2S/c17-10-5-7-11(8-6-10)18-16-19-13(9-22-16)12-3-1-2-4-14(20)15(12)21/h1-9H,(H,18,19)(H,20,21). The fraction of sp³-hybridized carbons (Fsp3) is 0. The Balaban J connectivity index is 1.92. The summed E-state index contributed by atoms with van der Waals surface area (Å²) < 4.78 is 1.00. The van der Waals surface area contributed by atoms with E-state index in [1.807, 2.05) is 24.3 Å². The minimum atomic E-state index is -0.421. The number of hydrogen-bond acceptors (Lipinski definition) is 5. The van der Waals surface area contributed by atoms with Gasteiger partial charge in [0.05, 0.1) is 5.69 Å². The third kappa shape index (κ3) is 3.18. The van der Waals surface area contributed by atoms with E-state index in [0.29, 0.717) is 16.4 Å². The minimum absolute atomic E-state index is 0.287. The van der Waals surface area contributed by atoms with Crippen LogP contribution in [0.15, 0.2) is 63.2 Å². The van der Waals surface area contributed by atoms with Gasteiger partial charge < -0.3 is 10.4 Å². The molecule has 0 saturated carbocycles. The maximum absolute atomic E-state index is 11.6. The molecule has 0 saturated heterocycles. The quantitative estimate of drug-likeness (QED) is 0.713. The predicted octanol–water partition coefficient (Wildman–Crippen LogP) is 4.38. The molecule has 2 aromatic carbocycles. The van der Waals surface area contributed by atoms with Crippen molar-refractivity contribution in [3.63, 3.8) is 0 Å². The van der Waals surface area contributed by atoms with Crippen LogP contribution in [0, 0.1) is 0 Å². The number of aromatic nitrogens is 1. The summed E-state index contributed by atoms with van der Waals surface area (Å²) in [5, 5.41) is 15.6. The highest BCUT2D eigenvalue weighted by Crippen LogP contribution is 2.30. The topological polar surface area (TPSA) is 62.2 Å². The number of halogens is 1. The van der Waals surface area contributed by atoms with Crippen LogP contribution in [-0.2, 0) is 0 Å². The summed E-state index contributed by atoms with van der Waals surface area (Å²) in [6, 6.07) is 14.0. The fourth-order valence-corrected chi connectivity index (χ4v) is 2.90. The minimum Gasteiger partial charge on any atom is -0.504 e. The summed E-state index contributed by atoms with van der Waals surface area (Å²) in [6.45, 7) is 0. The fourth-order valence-electron chi connectivity index (χ4n) is 1.90. The summed E-state index contributed by atoms with van der Waals surface area (Å²) in [5.41, 5.74) is 1.48. The maximum atomic E-state index is 11.6. The molecule has 110 valence electrons. The predicted molar refractivity (Wildman–Crippen MR) is 92.9 cm³/mol. The van der Waals surface area contributed by atoms with Crippen LogP contribution in [0.5, 0.6) is 5.75 Å². The first-order chi connectivity index (χ1) is 10.6. The molecule has 1 heterocycles. The zero-order valence-electron chi connectivity index (χ0n) is 11.3. The Morgan fingerprint density at radius 2 is 1.82 bits per heavy atom. The molecule has 6 heteroatoms. The molecular formula is C16H11BrN2O2S. The maximum Gasteiger partial charge on any atom is 0.220 e. The highest BCUT2D eigenvalue weighted by molar-refractivity contribution is 9.10. The van der Waals surface area contributed by atoms with Crippen molar-refractivity contribution < 1.29 is 5.11 Å². The first-order valence-electron chi connectivity index (χ1n) is 6.44. The van der Waals surface area contributed by atoms with Crippen molar-refractivity contribution in [3.05, 3.63) is 68.6 Å². The second kappa shape index (κ2) is 6.29. The smallest absolute Gasteiger partial charge is 0.220 e. The lowest BCUT2D eigenvalue weighted by molar-refractivity contribution is 0.473. The lowest BCUT2D eigenvalue weighted by Crippen LogP contribution is -1.95. The molecule has 2 N–H and O–H groups in total. The van der Waals surface area contributed by atoms with E-state index in [0.717, 1.165) is 10.2 Å². The van der Waals surface area contributed by atoms with E-state index in [9.17, 15) is 9.90 Å². The van der Waals surface area contributed by atoms with Gasteiger partial charge in [0.2, 0.25) is 5.43 Å². The van der Waals surface area contributed by atoms with Gasteiger partial charge in [0.1, 0.15) is 0 Å². The molecule has 3 aromatic rings. The molecule has 0 amide bonds. The molecule has 1 aromatic heterocycles. The Hall–Kier alpha value is -2.18. The number of benzene rings is 1. The van der Waals surface area contributed by atoms with Crippen LogP contribution < -0.4 is 10.7 Å². The van der Waals surface area contributed by atoms with Gasteiger partial charge in [0.15, 0.2) is 10.9 Å².